The highest BCUT2D eigenvalue weighted by atomic mass is 19.1. The quantitative estimate of drug-likeness (QED) is 0.620. The summed E-state index contributed by atoms with van der Waals surface area (Å²) in [4.78, 5) is 9.46. The Kier molecular flexibility index (Phi) is 3.31. The second kappa shape index (κ2) is 4.31. The molecule has 2 N–H and O–H groups in total. The van der Waals surface area contributed by atoms with E-state index in [4.69, 9.17) is 5.73 Å². The van der Waals surface area contributed by atoms with E-state index >= 15 is 0 Å². The second-order valence-electron chi connectivity index (χ2n) is 3.22. The summed E-state index contributed by atoms with van der Waals surface area (Å²) in [5, 5.41) is 10.3. The van der Waals surface area contributed by atoms with Gasteiger partial charge in [-0.3, -0.25) is 10.1 Å². The van der Waals surface area contributed by atoms with Crippen LogP contribution in [0.1, 0.15) is 18.4 Å². The summed E-state index contributed by atoms with van der Waals surface area (Å²) in [6.07, 6.45) is 0. The van der Waals surface area contributed by atoms with Crippen molar-refractivity contribution in [3.05, 3.63) is 39.4 Å². The first-order chi connectivity index (χ1) is 6.97. The lowest BCUT2D eigenvalue weighted by molar-refractivity contribution is -0.385. The van der Waals surface area contributed by atoms with Crippen molar-refractivity contribution in [3.63, 3.8) is 0 Å². The first kappa shape index (κ1) is 11.5. The molecule has 1 atom stereocenters. The minimum Gasteiger partial charge on any atom is -0.330 e. The van der Waals surface area contributed by atoms with Crippen LogP contribution < -0.4 is 5.73 Å². The van der Waals surface area contributed by atoms with Crippen molar-refractivity contribution in [1.82, 2.24) is 0 Å². The van der Waals surface area contributed by atoms with Crippen LogP contribution >= 0.6 is 0 Å². The Morgan fingerprint density at radius 2 is 1.93 bits per heavy atom. The van der Waals surface area contributed by atoms with Crippen LogP contribution in [0.15, 0.2) is 12.1 Å². The predicted octanol–water partition coefficient (Wildman–Crippen LogP) is 1.94. The van der Waals surface area contributed by atoms with E-state index in [2.05, 4.69) is 0 Å². The molecule has 0 bridgehead atoms. The van der Waals surface area contributed by atoms with Crippen LogP contribution in [0.2, 0.25) is 0 Å². The lowest BCUT2D eigenvalue weighted by Crippen LogP contribution is -2.12. The maximum atomic E-state index is 13.3. The van der Waals surface area contributed by atoms with Crippen LogP contribution in [-0.4, -0.2) is 11.5 Å². The molecule has 0 aliphatic carbocycles. The van der Waals surface area contributed by atoms with Gasteiger partial charge < -0.3 is 5.73 Å². The van der Waals surface area contributed by atoms with Gasteiger partial charge in [-0.25, -0.2) is 8.78 Å². The average Bonchev–Trinajstić information content (AvgIpc) is 2.16. The van der Waals surface area contributed by atoms with Crippen LogP contribution in [0.3, 0.4) is 0 Å². The van der Waals surface area contributed by atoms with Gasteiger partial charge in [0.25, 0.3) is 5.69 Å². The van der Waals surface area contributed by atoms with Crippen molar-refractivity contribution in [3.8, 4) is 0 Å². The second-order valence-corrected chi connectivity index (χ2v) is 3.22. The molecule has 0 aliphatic heterocycles. The first-order valence-corrected chi connectivity index (χ1v) is 4.30. The fourth-order valence-electron chi connectivity index (χ4n) is 1.26. The van der Waals surface area contributed by atoms with E-state index < -0.39 is 28.2 Å². The maximum absolute atomic E-state index is 13.3. The van der Waals surface area contributed by atoms with Gasteiger partial charge >= 0.3 is 0 Å². The van der Waals surface area contributed by atoms with Gasteiger partial charge in [0.15, 0.2) is 0 Å². The fraction of sp³-hybridized carbons (Fsp3) is 0.333. The Hall–Kier alpha value is -1.56. The normalized spacial score (nSPS) is 12.5. The molecule has 0 aliphatic rings. The minimum atomic E-state index is -0.931. The van der Waals surface area contributed by atoms with Crippen molar-refractivity contribution in [2.45, 2.75) is 12.8 Å². The summed E-state index contributed by atoms with van der Waals surface area (Å²) in [6, 6.07) is 1.40. The number of non-ortho nitro benzene ring substituents is 1. The molecule has 1 aromatic rings. The zero-order chi connectivity index (χ0) is 11.6. The molecule has 0 radical (unpaired) electrons. The number of nitrogens with two attached hydrogens (primary N) is 1. The Balaban J connectivity index is 3.27. The van der Waals surface area contributed by atoms with Crippen molar-refractivity contribution in [1.29, 1.82) is 0 Å². The van der Waals surface area contributed by atoms with Crippen LogP contribution in [0.25, 0.3) is 0 Å². The lowest BCUT2D eigenvalue weighted by Gasteiger charge is -2.10. The van der Waals surface area contributed by atoms with Crippen molar-refractivity contribution >= 4 is 5.69 Å². The SMILES string of the molecule is C[C@H](CN)c1c(F)cc([N+](=O)[O-])cc1F. The van der Waals surface area contributed by atoms with Crippen LogP contribution in [0, 0.1) is 21.7 Å². The van der Waals surface area contributed by atoms with E-state index in [9.17, 15) is 18.9 Å². The van der Waals surface area contributed by atoms with Gasteiger partial charge in [0, 0.05) is 5.56 Å². The minimum absolute atomic E-state index is 0.0751. The van der Waals surface area contributed by atoms with E-state index in [1.165, 1.54) is 0 Å². The fourth-order valence-corrected chi connectivity index (χ4v) is 1.26. The first-order valence-electron chi connectivity index (χ1n) is 4.30. The molecule has 6 heteroatoms. The average molecular weight is 216 g/mol. The third-order valence-corrected chi connectivity index (χ3v) is 2.12. The zero-order valence-electron chi connectivity index (χ0n) is 8.04. The highest BCUT2D eigenvalue weighted by Gasteiger charge is 2.20. The number of nitro groups is 1. The molecule has 0 saturated heterocycles. The Bertz CT molecular complexity index is 373. The summed E-state index contributed by atoms with van der Waals surface area (Å²) in [6.45, 7) is 1.62. The summed E-state index contributed by atoms with van der Waals surface area (Å²) in [5.41, 5.74) is 4.47. The molecule has 0 amide bonds. The third-order valence-electron chi connectivity index (χ3n) is 2.12. The Morgan fingerprint density at radius 3 is 2.27 bits per heavy atom. The highest BCUT2D eigenvalue weighted by molar-refractivity contribution is 5.37. The molecular weight excluding hydrogens is 206 g/mol. The zero-order valence-corrected chi connectivity index (χ0v) is 8.04. The molecule has 0 spiro atoms. The molecular formula is C9H10F2N2O2. The van der Waals surface area contributed by atoms with Crippen molar-refractivity contribution < 1.29 is 13.7 Å². The lowest BCUT2D eigenvalue weighted by atomic mass is 10.00. The number of nitrogens with zero attached hydrogens (tertiary/aromatic N) is 1. The van der Waals surface area contributed by atoms with Gasteiger partial charge in [0.2, 0.25) is 0 Å². The van der Waals surface area contributed by atoms with Crippen LogP contribution in [0.4, 0.5) is 14.5 Å². The number of benzene rings is 1. The molecule has 15 heavy (non-hydrogen) atoms. The Morgan fingerprint density at radius 1 is 1.47 bits per heavy atom. The van der Waals surface area contributed by atoms with Crippen LogP contribution in [-0.2, 0) is 0 Å². The van der Waals surface area contributed by atoms with Crippen LogP contribution in [0.5, 0.6) is 0 Å². The number of hydrogen-bond acceptors (Lipinski definition) is 3. The topological polar surface area (TPSA) is 69.2 Å². The number of hydrogen-bond donors (Lipinski definition) is 1. The number of nitro benzene ring substituents is 1. The van der Waals surface area contributed by atoms with Gasteiger partial charge in [-0.2, -0.15) is 0 Å². The molecule has 0 saturated carbocycles. The summed E-state index contributed by atoms with van der Waals surface area (Å²) >= 11 is 0. The standard InChI is InChI=1S/C9H10F2N2O2/c1-5(4-12)9-7(10)2-6(13(14)15)3-8(9)11/h2-3,5H,4,12H2,1H3/t5-/m1/s1. The monoisotopic (exact) mass is 216 g/mol. The van der Waals surface area contributed by atoms with Crippen molar-refractivity contribution in [2.24, 2.45) is 5.73 Å². The summed E-state index contributed by atoms with van der Waals surface area (Å²) in [7, 11) is 0. The summed E-state index contributed by atoms with van der Waals surface area (Å²) < 4.78 is 26.6. The van der Waals surface area contributed by atoms with E-state index in [1.54, 1.807) is 6.92 Å². The highest BCUT2D eigenvalue weighted by Crippen LogP contribution is 2.26. The van der Waals surface area contributed by atoms with Crippen molar-refractivity contribution in [2.75, 3.05) is 6.54 Å². The van der Waals surface area contributed by atoms with Gasteiger partial charge in [0.1, 0.15) is 11.6 Å². The van der Waals surface area contributed by atoms with Gasteiger partial charge in [-0.1, -0.05) is 6.92 Å². The van der Waals surface area contributed by atoms with E-state index in [0.717, 1.165) is 0 Å². The molecule has 1 rings (SSSR count). The molecule has 0 unspecified atom stereocenters. The molecule has 0 heterocycles. The molecule has 82 valence electrons. The molecule has 1 aromatic carbocycles. The van der Waals surface area contributed by atoms with Gasteiger partial charge in [-0.05, 0) is 12.5 Å². The van der Waals surface area contributed by atoms with Gasteiger partial charge in [0.05, 0.1) is 17.1 Å². The van der Waals surface area contributed by atoms with Gasteiger partial charge in [-0.15, -0.1) is 0 Å². The molecule has 0 fully saturated rings. The Labute approximate surface area is 84.9 Å². The number of halogens is 2. The van der Waals surface area contributed by atoms with E-state index in [-0.39, 0.29) is 12.1 Å². The molecule has 0 aromatic heterocycles. The maximum Gasteiger partial charge on any atom is 0.275 e. The largest absolute Gasteiger partial charge is 0.330 e. The number of rotatable bonds is 3. The van der Waals surface area contributed by atoms with E-state index in [0.29, 0.717) is 12.1 Å². The predicted molar refractivity (Wildman–Crippen MR) is 50.5 cm³/mol. The van der Waals surface area contributed by atoms with E-state index in [1.807, 2.05) is 0 Å². The molecule has 4 nitrogen and oxygen atoms in total. The smallest absolute Gasteiger partial charge is 0.275 e. The summed E-state index contributed by atoms with van der Waals surface area (Å²) in [5.74, 6) is -2.37. The third kappa shape index (κ3) is 2.27.